The zero-order valence-corrected chi connectivity index (χ0v) is 12.2. The van der Waals surface area contributed by atoms with E-state index in [-0.39, 0.29) is 5.56 Å². The lowest BCUT2D eigenvalue weighted by molar-refractivity contribution is 0.603. The number of pyridine rings is 1. The minimum Gasteiger partial charge on any atom is -0.383 e. The molecule has 3 rings (SSSR count). The van der Waals surface area contributed by atoms with Gasteiger partial charge in [-0.15, -0.1) is 0 Å². The summed E-state index contributed by atoms with van der Waals surface area (Å²) < 4.78 is 27.7. The maximum atomic E-state index is 13.8. The molecule has 0 saturated heterocycles. The maximum Gasteiger partial charge on any atom is 0.141 e. The Labute approximate surface area is 127 Å². The molecule has 0 spiro atoms. The van der Waals surface area contributed by atoms with Crippen LogP contribution in [0.25, 0.3) is 22.6 Å². The van der Waals surface area contributed by atoms with Crippen molar-refractivity contribution in [3.8, 4) is 22.6 Å². The van der Waals surface area contributed by atoms with E-state index in [1.807, 2.05) is 0 Å². The number of aromatic nitrogens is 3. The Morgan fingerprint density at radius 1 is 1.05 bits per heavy atom. The topological polar surface area (TPSA) is 67.6 Å². The SMILES string of the molecule is Nc1ncc(Br)cc1-c1ncc(-c2cc(F)ccc2F)[nH]1. The van der Waals surface area contributed by atoms with E-state index < -0.39 is 11.6 Å². The lowest BCUT2D eigenvalue weighted by Crippen LogP contribution is -1.95. The number of halogens is 3. The van der Waals surface area contributed by atoms with Gasteiger partial charge in [-0.2, -0.15) is 0 Å². The monoisotopic (exact) mass is 350 g/mol. The fraction of sp³-hybridized carbons (Fsp3) is 0. The third-order valence-corrected chi connectivity index (χ3v) is 3.37. The number of nitrogens with two attached hydrogens (primary N) is 1. The van der Waals surface area contributed by atoms with Crippen LogP contribution in [0.3, 0.4) is 0 Å². The first kappa shape index (κ1) is 13.7. The molecule has 1 aromatic carbocycles. The van der Waals surface area contributed by atoms with Crippen molar-refractivity contribution in [1.29, 1.82) is 0 Å². The molecule has 2 heterocycles. The van der Waals surface area contributed by atoms with Crippen molar-refractivity contribution in [2.45, 2.75) is 0 Å². The van der Waals surface area contributed by atoms with E-state index in [0.717, 1.165) is 22.7 Å². The molecular weight excluding hydrogens is 342 g/mol. The van der Waals surface area contributed by atoms with Gasteiger partial charge in [-0.25, -0.2) is 18.7 Å². The van der Waals surface area contributed by atoms with Crippen LogP contribution in [0, 0.1) is 11.6 Å². The van der Waals surface area contributed by atoms with E-state index in [0.29, 0.717) is 22.9 Å². The molecule has 106 valence electrons. The van der Waals surface area contributed by atoms with Gasteiger partial charge in [-0.05, 0) is 40.2 Å². The molecule has 0 aliphatic heterocycles. The van der Waals surface area contributed by atoms with Gasteiger partial charge in [0.05, 0.1) is 17.5 Å². The van der Waals surface area contributed by atoms with Gasteiger partial charge >= 0.3 is 0 Å². The Balaban J connectivity index is 2.08. The second-order valence-electron chi connectivity index (χ2n) is 4.36. The maximum absolute atomic E-state index is 13.8. The number of nitrogens with zero attached hydrogens (tertiary/aromatic N) is 2. The molecule has 0 saturated carbocycles. The smallest absolute Gasteiger partial charge is 0.141 e. The Hall–Kier alpha value is -2.28. The van der Waals surface area contributed by atoms with Gasteiger partial charge in [-0.3, -0.25) is 0 Å². The van der Waals surface area contributed by atoms with Gasteiger partial charge in [-0.1, -0.05) is 0 Å². The predicted molar refractivity (Wildman–Crippen MR) is 79.3 cm³/mol. The average molecular weight is 351 g/mol. The Morgan fingerprint density at radius 3 is 2.67 bits per heavy atom. The van der Waals surface area contributed by atoms with Crippen LogP contribution in [-0.2, 0) is 0 Å². The van der Waals surface area contributed by atoms with Crippen molar-refractivity contribution in [2.24, 2.45) is 0 Å². The number of rotatable bonds is 2. The fourth-order valence-electron chi connectivity index (χ4n) is 1.94. The Bertz CT molecular complexity index is 750. The van der Waals surface area contributed by atoms with Gasteiger partial charge in [0.2, 0.25) is 0 Å². The molecule has 2 aromatic heterocycles. The third-order valence-electron chi connectivity index (χ3n) is 2.93. The zero-order chi connectivity index (χ0) is 15.0. The van der Waals surface area contributed by atoms with Gasteiger partial charge in [0.15, 0.2) is 0 Å². The molecule has 3 aromatic rings. The summed E-state index contributed by atoms with van der Waals surface area (Å²) in [6.45, 7) is 0. The van der Waals surface area contributed by atoms with Crippen LogP contribution in [0.5, 0.6) is 0 Å². The van der Waals surface area contributed by atoms with Crippen LogP contribution in [0.2, 0.25) is 0 Å². The summed E-state index contributed by atoms with van der Waals surface area (Å²) in [5, 5.41) is 0. The van der Waals surface area contributed by atoms with E-state index >= 15 is 0 Å². The molecule has 0 aliphatic rings. The number of hydrogen-bond acceptors (Lipinski definition) is 3. The highest BCUT2D eigenvalue weighted by atomic mass is 79.9. The summed E-state index contributed by atoms with van der Waals surface area (Å²) in [7, 11) is 0. The van der Waals surface area contributed by atoms with Gasteiger partial charge in [0.1, 0.15) is 23.3 Å². The molecule has 0 radical (unpaired) electrons. The van der Waals surface area contributed by atoms with Crippen LogP contribution in [0.1, 0.15) is 0 Å². The summed E-state index contributed by atoms with van der Waals surface area (Å²) in [5.41, 5.74) is 6.84. The van der Waals surface area contributed by atoms with Crippen molar-refractivity contribution in [3.05, 3.63) is 52.8 Å². The molecule has 3 N–H and O–H groups in total. The molecule has 4 nitrogen and oxygen atoms in total. The number of imidazole rings is 1. The molecule has 7 heteroatoms. The highest BCUT2D eigenvalue weighted by Gasteiger charge is 2.13. The van der Waals surface area contributed by atoms with Crippen molar-refractivity contribution >= 4 is 21.7 Å². The molecule has 0 amide bonds. The van der Waals surface area contributed by atoms with E-state index in [1.165, 1.54) is 6.20 Å². The van der Waals surface area contributed by atoms with Crippen LogP contribution in [-0.4, -0.2) is 15.0 Å². The third kappa shape index (κ3) is 2.64. The number of aromatic amines is 1. The Kier molecular flexibility index (Phi) is 3.42. The molecule has 21 heavy (non-hydrogen) atoms. The molecule has 0 atom stereocenters. The normalized spacial score (nSPS) is 10.8. The number of anilines is 1. The first-order valence-corrected chi connectivity index (χ1v) is 6.75. The molecule has 0 aliphatic carbocycles. The van der Waals surface area contributed by atoms with Crippen molar-refractivity contribution in [3.63, 3.8) is 0 Å². The van der Waals surface area contributed by atoms with Gasteiger partial charge < -0.3 is 10.7 Å². The minimum absolute atomic E-state index is 0.107. The number of nitrogens with one attached hydrogen (secondary N) is 1. The van der Waals surface area contributed by atoms with E-state index in [2.05, 4.69) is 30.9 Å². The van der Waals surface area contributed by atoms with E-state index in [1.54, 1.807) is 12.3 Å². The zero-order valence-electron chi connectivity index (χ0n) is 10.6. The lowest BCUT2D eigenvalue weighted by atomic mass is 10.1. The van der Waals surface area contributed by atoms with Crippen LogP contribution in [0.4, 0.5) is 14.6 Å². The van der Waals surface area contributed by atoms with Crippen molar-refractivity contribution in [2.75, 3.05) is 5.73 Å². The fourth-order valence-corrected chi connectivity index (χ4v) is 2.27. The largest absolute Gasteiger partial charge is 0.383 e. The predicted octanol–water partition coefficient (Wildman–Crippen LogP) is 3.76. The average Bonchev–Trinajstić information content (AvgIpc) is 2.93. The number of hydrogen-bond donors (Lipinski definition) is 2. The molecule has 0 unspecified atom stereocenters. The lowest BCUT2D eigenvalue weighted by Gasteiger charge is -2.03. The van der Waals surface area contributed by atoms with Crippen LogP contribution in [0.15, 0.2) is 41.1 Å². The summed E-state index contributed by atoms with van der Waals surface area (Å²) >= 11 is 3.30. The second kappa shape index (κ2) is 5.25. The van der Waals surface area contributed by atoms with E-state index in [9.17, 15) is 8.78 Å². The minimum atomic E-state index is -0.535. The molecule has 0 bridgehead atoms. The highest BCUT2D eigenvalue weighted by molar-refractivity contribution is 9.10. The first-order valence-electron chi connectivity index (χ1n) is 5.96. The Morgan fingerprint density at radius 2 is 1.86 bits per heavy atom. The van der Waals surface area contributed by atoms with Gasteiger partial charge in [0.25, 0.3) is 0 Å². The quantitative estimate of drug-likeness (QED) is 0.739. The molecular formula is C14H9BrF2N4. The van der Waals surface area contributed by atoms with Gasteiger partial charge in [0, 0.05) is 16.2 Å². The number of H-pyrrole nitrogens is 1. The van der Waals surface area contributed by atoms with Crippen LogP contribution >= 0.6 is 15.9 Å². The number of benzene rings is 1. The summed E-state index contributed by atoms with van der Waals surface area (Å²) in [6.07, 6.45) is 2.99. The highest BCUT2D eigenvalue weighted by Crippen LogP contribution is 2.28. The second-order valence-corrected chi connectivity index (χ2v) is 5.27. The first-order chi connectivity index (χ1) is 10.0. The van der Waals surface area contributed by atoms with Crippen molar-refractivity contribution in [1.82, 2.24) is 15.0 Å². The summed E-state index contributed by atoms with van der Waals surface area (Å²) in [4.78, 5) is 11.1. The van der Waals surface area contributed by atoms with Crippen molar-refractivity contribution < 1.29 is 8.78 Å². The standard InChI is InChI=1S/C14H9BrF2N4/c15-7-3-10(13(18)19-5-7)14-20-6-12(21-14)9-4-8(16)1-2-11(9)17/h1-6H,(H2,18,19)(H,20,21). The number of nitrogen functional groups attached to an aromatic ring is 1. The molecule has 0 fully saturated rings. The summed E-state index contributed by atoms with van der Waals surface area (Å²) in [5.74, 6) is -0.336. The van der Waals surface area contributed by atoms with E-state index in [4.69, 9.17) is 5.73 Å². The van der Waals surface area contributed by atoms with Crippen LogP contribution < -0.4 is 5.73 Å². The summed E-state index contributed by atoms with van der Waals surface area (Å²) in [6, 6.07) is 4.98.